The Morgan fingerprint density at radius 1 is 1.12 bits per heavy atom. The number of thiocarbonyl (C=S) groups is 1. The molecule has 1 unspecified atom stereocenters. The number of benzene rings is 2. The molecular weight excluding hydrogens is 386 g/mol. The van der Waals surface area contributed by atoms with E-state index in [9.17, 15) is 8.42 Å². The van der Waals surface area contributed by atoms with Gasteiger partial charge in [0.25, 0.3) is 0 Å². The highest BCUT2D eigenvalue weighted by atomic mass is 32.2. The van der Waals surface area contributed by atoms with Gasteiger partial charge in [0, 0.05) is 21.2 Å². The van der Waals surface area contributed by atoms with Crippen molar-refractivity contribution in [3.05, 3.63) is 48.5 Å². The average Bonchev–Trinajstić information content (AvgIpc) is 2.84. The lowest BCUT2D eigenvalue weighted by atomic mass is 10.0. The first-order valence-corrected chi connectivity index (χ1v) is 11.2. The average molecular weight is 408 g/mol. The Bertz CT molecular complexity index is 896. The predicted molar refractivity (Wildman–Crippen MR) is 112 cm³/mol. The van der Waals surface area contributed by atoms with Crippen molar-refractivity contribution in [3.8, 4) is 0 Å². The maximum atomic E-state index is 11.7. The molecule has 1 heterocycles. The minimum absolute atomic E-state index is 0.110. The van der Waals surface area contributed by atoms with Crippen LogP contribution in [0.25, 0.3) is 0 Å². The Hall–Kier alpha value is -1.77. The molecule has 26 heavy (non-hydrogen) atoms. The highest BCUT2D eigenvalue weighted by Gasteiger charge is 2.38. The van der Waals surface area contributed by atoms with Gasteiger partial charge in [-0.1, -0.05) is 11.8 Å². The molecule has 0 saturated carbocycles. The number of anilines is 2. The normalized spacial score (nSPS) is 21.3. The van der Waals surface area contributed by atoms with Gasteiger partial charge in [0.1, 0.15) is 0 Å². The SMILES string of the molecule is CC1(NC(=S)Nc2ccc(Sc3ccc(N)cc3)cc2)CCS(=O)(=O)C1. The predicted octanol–water partition coefficient (Wildman–Crippen LogP) is 3.28. The molecule has 0 radical (unpaired) electrons. The van der Waals surface area contributed by atoms with Crippen molar-refractivity contribution in [2.75, 3.05) is 22.6 Å². The zero-order chi connectivity index (χ0) is 18.8. The largest absolute Gasteiger partial charge is 0.399 e. The summed E-state index contributed by atoms with van der Waals surface area (Å²) in [6.07, 6.45) is 0.564. The van der Waals surface area contributed by atoms with E-state index in [2.05, 4.69) is 10.6 Å². The molecule has 2 aromatic carbocycles. The quantitative estimate of drug-likeness (QED) is 0.530. The van der Waals surface area contributed by atoms with Crippen LogP contribution >= 0.6 is 24.0 Å². The number of rotatable bonds is 4. The van der Waals surface area contributed by atoms with Gasteiger partial charge in [-0.05, 0) is 74.1 Å². The van der Waals surface area contributed by atoms with Crippen LogP contribution in [0.15, 0.2) is 58.3 Å². The van der Waals surface area contributed by atoms with E-state index in [1.54, 1.807) is 11.8 Å². The lowest BCUT2D eigenvalue weighted by Gasteiger charge is -2.26. The summed E-state index contributed by atoms with van der Waals surface area (Å²) in [7, 11) is -2.97. The second-order valence-electron chi connectivity index (χ2n) is 6.68. The van der Waals surface area contributed by atoms with Crippen molar-refractivity contribution in [2.24, 2.45) is 0 Å². The van der Waals surface area contributed by atoms with Crippen LogP contribution in [-0.4, -0.2) is 30.6 Å². The zero-order valence-electron chi connectivity index (χ0n) is 14.4. The standard InChI is InChI=1S/C18H21N3O2S3/c1-18(10-11-26(22,23)12-18)21-17(24)20-14-4-8-16(9-5-14)25-15-6-2-13(19)3-7-15/h2-9H,10-12,19H2,1H3,(H2,20,21,24). The first-order valence-electron chi connectivity index (χ1n) is 8.16. The molecule has 4 N–H and O–H groups in total. The molecule has 0 aliphatic carbocycles. The van der Waals surface area contributed by atoms with E-state index >= 15 is 0 Å². The molecule has 3 rings (SSSR count). The number of nitrogens with one attached hydrogen (secondary N) is 2. The van der Waals surface area contributed by atoms with E-state index in [0.717, 1.165) is 21.2 Å². The second-order valence-corrected chi connectivity index (χ2v) is 10.4. The van der Waals surface area contributed by atoms with Gasteiger partial charge >= 0.3 is 0 Å². The summed E-state index contributed by atoms with van der Waals surface area (Å²) in [4.78, 5) is 2.22. The van der Waals surface area contributed by atoms with Crippen molar-refractivity contribution in [1.82, 2.24) is 5.32 Å². The van der Waals surface area contributed by atoms with Crippen molar-refractivity contribution >= 4 is 50.3 Å². The smallest absolute Gasteiger partial charge is 0.171 e. The van der Waals surface area contributed by atoms with Crippen molar-refractivity contribution in [2.45, 2.75) is 28.7 Å². The summed E-state index contributed by atoms with van der Waals surface area (Å²) >= 11 is 6.99. The topological polar surface area (TPSA) is 84.2 Å². The van der Waals surface area contributed by atoms with Gasteiger partial charge in [0.2, 0.25) is 0 Å². The first-order chi connectivity index (χ1) is 12.2. The maximum Gasteiger partial charge on any atom is 0.171 e. The van der Waals surface area contributed by atoms with E-state index in [1.807, 2.05) is 55.5 Å². The highest BCUT2D eigenvalue weighted by Crippen LogP contribution is 2.29. The second kappa shape index (κ2) is 7.46. The Balaban J connectivity index is 1.57. The van der Waals surface area contributed by atoms with E-state index < -0.39 is 15.4 Å². The summed E-state index contributed by atoms with van der Waals surface area (Å²) in [6.45, 7) is 1.89. The van der Waals surface area contributed by atoms with Crippen LogP contribution in [0.3, 0.4) is 0 Å². The fourth-order valence-electron chi connectivity index (χ4n) is 2.82. The minimum Gasteiger partial charge on any atom is -0.399 e. The Kier molecular flexibility index (Phi) is 5.45. The van der Waals surface area contributed by atoms with Crippen LogP contribution in [0, 0.1) is 0 Å². The third-order valence-corrected chi connectivity index (χ3v) is 7.27. The van der Waals surface area contributed by atoms with Crippen LogP contribution < -0.4 is 16.4 Å². The van der Waals surface area contributed by atoms with Gasteiger partial charge < -0.3 is 16.4 Å². The summed E-state index contributed by atoms with van der Waals surface area (Å²) in [5.74, 6) is 0.315. The summed E-state index contributed by atoms with van der Waals surface area (Å²) < 4.78 is 23.4. The van der Waals surface area contributed by atoms with Crippen LogP contribution in [0.1, 0.15) is 13.3 Å². The van der Waals surface area contributed by atoms with Gasteiger partial charge in [-0.3, -0.25) is 0 Å². The molecule has 0 amide bonds. The minimum atomic E-state index is -2.97. The zero-order valence-corrected chi connectivity index (χ0v) is 16.8. The van der Waals surface area contributed by atoms with Crippen molar-refractivity contribution < 1.29 is 8.42 Å². The molecule has 2 aromatic rings. The molecule has 8 heteroatoms. The van der Waals surface area contributed by atoms with Crippen LogP contribution in [0.4, 0.5) is 11.4 Å². The molecule has 1 saturated heterocycles. The molecular formula is C18H21N3O2S3. The highest BCUT2D eigenvalue weighted by molar-refractivity contribution is 7.99. The number of hydrogen-bond donors (Lipinski definition) is 3. The summed E-state index contributed by atoms with van der Waals surface area (Å²) in [5.41, 5.74) is 6.80. The molecule has 1 fully saturated rings. The number of hydrogen-bond acceptors (Lipinski definition) is 5. The summed E-state index contributed by atoms with van der Waals surface area (Å²) in [5, 5.41) is 6.70. The molecule has 0 aromatic heterocycles. The lowest BCUT2D eigenvalue weighted by molar-refractivity contribution is 0.474. The Labute approximate surface area is 163 Å². The van der Waals surface area contributed by atoms with E-state index in [-0.39, 0.29) is 11.5 Å². The van der Waals surface area contributed by atoms with Crippen molar-refractivity contribution in [3.63, 3.8) is 0 Å². The number of nitrogens with two attached hydrogens (primary N) is 1. The van der Waals surface area contributed by atoms with Gasteiger partial charge in [-0.15, -0.1) is 0 Å². The molecule has 0 spiro atoms. The monoisotopic (exact) mass is 407 g/mol. The van der Waals surface area contributed by atoms with E-state index in [4.69, 9.17) is 18.0 Å². The van der Waals surface area contributed by atoms with Crippen LogP contribution in [0.5, 0.6) is 0 Å². The fraction of sp³-hybridized carbons (Fsp3) is 0.278. The molecule has 1 atom stereocenters. The van der Waals surface area contributed by atoms with Gasteiger partial charge in [0.15, 0.2) is 14.9 Å². The van der Waals surface area contributed by atoms with Crippen LogP contribution in [-0.2, 0) is 9.84 Å². The van der Waals surface area contributed by atoms with Gasteiger partial charge in [-0.25, -0.2) is 8.42 Å². The molecule has 0 bridgehead atoms. The number of sulfone groups is 1. The van der Waals surface area contributed by atoms with E-state index in [1.165, 1.54) is 0 Å². The molecule has 1 aliphatic rings. The molecule has 138 valence electrons. The molecule has 5 nitrogen and oxygen atoms in total. The summed E-state index contributed by atoms with van der Waals surface area (Å²) in [6, 6.07) is 15.6. The number of nitrogen functional groups attached to an aromatic ring is 1. The van der Waals surface area contributed by atoms with Crippen LogP contribution in [0.2, 0.25) is 0 Å². The van der Waals surface area contributed by atoms with E-state index in [0.29, 0.717) is 11.5 Å². The first kappa shape index (κ1) is 19.0. The third-order valence-electron chi connectivity index (χ3n) is 4.15. The lowest BCUT2D eigenvalue weighted by Crippen LogP contribution is -2.48. The third kappa shape index (κ3) is 5.12. The fourth-order valence-corrected chi connectivity index (χ4v) is 6.10. The Morgan fingerprint density at radius 2 is 1.69 bits per heavy atom. The van der Waals surface area contributed by atoms with Gasteiger partial charge in [-0.2, -0.15) is 0 Å². The van der Waals surface area contributed by atoms with Crippen molar-refractivity contribution in [1.29, 1.82) is 0 Å². The molecule has 1 aliphatic heterocycles. The maximum absolute atomic E-state index is 11.7. The van der Waals surface area contributed by atoms with Gasteiger partial charge in [0.05, 0.1) is 17.0 Å². The Morgan fingerprint density at radius 3 is 2.23 bits per heavy atom.